The molecule has 2 N–H and O–H groups in total. The predicted molar refractivity (Wildman–Crippen MR) is 130 cm³/mol. The number of anilines is 1. The fourth-order valence-electron chi connectivity index (χ4n) is 7.53. The Labute approximate surface area is 220 Å². The lowest BCUT2D eigenvalue weighted by Gasteiger charge is -2.52. The zero-order valence-corrected chi connectivity index (χ0v) is 21.6. The molecule has 6 atom stereocenters. The van der Waals surface area contributed by atoms with Gasteiger partial charge in [0.1, 0.15) is 5.82 Å². The van der Waals surface area contributed by atoms with Crippen LogP contribution in [-0.2, 0) is 20.4 Å². The van der Waals surface area contributed by atoms with E-state index in [1.165, 1.54) is 6.20 Å². The Hall–Kier alpha value is -2.02. The van der Waals surface area contributed by atoms with E-state index < -0.39 is 22.9 Å². The zero-order valence-electron chi connectivity index (χ0n) is 21.6. The highest BCUT2D eigenvalue weighted by Gasteiger charge is 2.64. The molecule has 3 saturated heterocycles. The van der Waals surface area contributed by atoms with Crippen molar-refractivity contribution in [2.75, 3.05) is 38.3 Å². The molecule has 5 fully saturated rings. The van der Waals surface area contributed by atoms with Crippen molar-refractivity contribution in [1.82, 2.24) is 20.2 Å². The standard InChI is InChI=1S/C26H36F3N5O4/c1-37-20-15-38-8-4-19(20)31-16-3-7-24(10-16,25(36)5-2-6-25)23(35)34-14-17-9-18(34)13-33(17)22-12-30-11-21(32-22)26(27,28)29/h11-12,16-20,31,36H,2-10,13-15H2,1H3/t16-,17-,18-,19+,20-,24-/m1/s1. The monoisotopic (exact) mass is 539 g/mol. The highest BCUT2D eigenvalue weighted by molar-refractivity contribution is 5.86. The van der Waals surface area contributed by atoms with E-state index in [-0.39, 0.29) is 42.0 Å². The van der Waals surface area contributed by atoms with Crippen LogP contribution in [0.1, 0.15) is 57.1 Å². The predicted octanol–water partition coefficient (Wildman–Crippen LogP) is 2.13. The molecule has 12 heteroatoms. The molecule has 6 rings (SSSR count). The number of carbonyl (C=O) groups excluding carboxylic acids is 1. The highest BCUT2D eigenvalue weighted by atomic mass is 19.4. The number of hydrogen-bond donors (Lipinski definition) is 2. The molecule has 0 aromatic carbocycles. The second-order valence-corrected chi connectivity index (χ2v) is 11.7. The number of amides is 1. The lowest BCUT2D eigenvalue weighted by molar-refractivity contribution is -0.178. The lowest BCUT2D eigenvalue weighted by atomic mass is 9.59. The summed E-state index contributed by atoms with van der Waals surface area (Å²) in [4.78, 5) is 25.6. The summed E-state index contributed by atoms with van der Waals surface area (Å²) in [6.07, 6.45) is 3.16. The van der Waals surface area contributed by atoms with Gasteiger partial charge < -0.3 is 29.7 Å². The van der Waals surface area contributed by atoms with Crippen molar-refractivity contribution in [3.05, 3.63) is 18.1 Å². The van der Waals surface area contributed by atoms with Crippen molar-refractivity contribution in [2.24, 2.45) is 5.41 Å². The Morgan fingerprint density at radius 2 is 2.03 bits per heavy atom. The SMILES string of the molecule is CO[C@@H]1COCC[C@@H]1N[C@@H]1CC[C@@](C(=O)N2C[C@H]3C[C@@H]2CN3c2cncc(C(F)(F)F)n2)(C2(O)CCC2)C1. The molecule has 1 aromatic heterocycles. The Kier molecular flexibility index (Phi) is 6.60. The molecule has 2 bridgehead atoms. The van der Waals surface area contributed by atoms with E-state index >= 15 is 0 Å². The first-order chi connectivity index (χ1) is 18.1. The van der Waals surface area contributed by atoms with Crippen molar-refractivity contribution in [1.29, 1.82) is 0 Å². The molecule has 0 radical (unpaired) electrons. The van der Waals surface area contributed by atoms with Crippen LogP contribution in [0.25, 0.3) is 0 Å². The van der Waals surface area contributed by atoms with Gasteiger partial charge in [0, 0.05) is 38.9 Å². The van der Waals surface area contributed by atoms with Gasteiger partial charge in [-0.05, 0) is 51.4 Å². The van der Waals surface area contributed by atoms with Gasteiger partial charge in [-0.3, -0.25) is 9.78 Å². The second kappa shape index (κ2) is 9.57. The third-order valence-corrected chi connectivity index (χ3v) is 9.76. The van der Waals surface area contributed by atoms with Gasteiger partial charge in [0.2, 0.25) is 5.91 Å². The number of carbonyl (C=O) groups is 1. The van der Waals surface area contributed by atoms with Crippen molar-refractivity contribution in [3.8, 4) is 0 Å². The highest BCUT2D eigenvalue weighted by Crippen LogP contribution is 2.57. The van der Waals surface area contributed by atoms with Gasteiger partial charge in [0.25, 0.3) is 0 Å². The van der Waals surface area contributed by atoms with Crippen molar-refractivity contribution < 1.29 is 32.5 Å². The fraction of sp³-hybridized carbons (Fsp3) is 0.808. The maximum atomic E-state index is 14.3. The zero-order chi connectivity index (χ0) is 26.7. The van der Waals surface area contributed by atoms with Gasteiger partial charge >= 0.3 is 6.18 Å². The molecule has 0 unspecified atom stereocenters. The largest absolute Gasteiger partial charge is 0.434 e. The van der Waals surface area contributed by atoms with Gasteiger partial charge in [-0.15, -0.1) is 0 Å². The Morgan fingerprint density at radius 3 is 2.68 bits per heavy atom. The van der Waals surface area contributed by atoms with E-state index in [4.69, 9.17) is 9.47 Å². The number of alkyl halides is 3. The van der Waals surface area contributed by atoms with E-state index in [1.54, 1.807) is 7.11 Å². The van der Waals surface area contributed by atoms with Crippen LogP contribution in [0.15, 0.2) is 12.4 Å². The van der Waals surface area contributed by atoms with Crippen molar-refractivity contribution >= 4 is 11.7 Å². The van der Waals surface area contributed by atoms with E-state index in [0.29, 0.717) is 58.4 Å². The van der Waals surface area contributed by atoms with E-state index in [9.17, 15) is 23.1 Å². The summed E-state index contributed by atoms with van der Waals surface area (Å²) in [5.41, 5.74) is -2.87. The topological polar surface area (TPSA) is 100 Å². The quantitative estimate of drug-likeness (QED) is 0.568. The lowest BCUT2D eigenvalue weighted by Crippen LogP contribution is -2.63. The molecule has 0 spiro atoms. The molecule has 4 heterocycles. The maximum absolute atomic E-state index is 14.3. The number of fused-ring (bicyclic) bond motifs is 2. The van der Waals surface area contributed by atoms with Gasteiger partial charge in [-0.2, -0.15) is 13.2 Å². The molecular weight excluding hydrogens is 503 g/mol. The first-order valence-corrected chi connectivity index (χ1v) is 13.7. The van der Waals surface area contributed by atoms with Crippen LogP contribution in [0.2, 0.25) is 0 Å². The van der Waals surface area contributed by atoms with Crippen LogP contribution in [0, 0.1) is 5.41 Å². The van der Waals surface area contributed by atoms with Crippen LogP contribution >= 0.6 is 0 Å². The molecule has 1 aromatic rings. The Balaban J connectivity index is 1.17. The number of nitrogens with zero attached hydrogens (tertiary/aromatic N) is 4. The molecular formula is C26H36F3N5O4. The first-order valence-electron chi connectivity index (χ1n) is 13.7. The summed E-state index contributed by atoms with van der Waals surface area (Å²) in [5, 5.41) is 15.4. The van der Waals surface area contributed by atoms with Crippen LogP contribution in [0.3, 0.4) is 0 Å². The summed E-state index contributed by atoms with van der Waals surface area (Å²) in [5.74, 6) is 0.197. The van der Waals surface area contributed by atoms with Crippen LogP contribution in [-0.4, -0.2) is 95.2 Å². The Morgan fingerprint density at radius 1 is 1.21 bits per heavy atom. The van der Waals surface area contributed by atoms with Gasteiger partial charge in [-0.1, -0.05) is 0 Å². The van der Waals surface area contributed by atoms with Crippen LogP contribution in [0.4, 0.5) is 19.0 Å². The molecule has 5 aliphatic rings. The van der Waals surface area contributed by atoms with Crippen molar-refractivity contribution in [3.63, 3.8) is 0 Å². The van der Waals surface area contributed by atoms with Crippen LogP contribution in [0.5, 0.6) is 0 Å². The minimum Gasteiger partial charge on any atom is -0.389 e. The van der Waals surface area contributed by atoms with E-state index in [2.05, 4.69) is 15.3 Å². The molecule has 2 saturated carbocycles. The smallest absolute Gasteiger partial charge is 0.389 e. The number of piperazine rings is 1. The van der Waals surface area contributed by atoms with Crippen molar-refractivity contribution in [2.45, 2.75) is 93.4 Å². The van der Waals surface area contributed by atoms with Crippen LogP contribution < -0.4 is 10.2 Å². The summed E-state index contributed by atoms with van der Waals surface area (Å²) in [7, 11) is 1.68. The van der Waals surface area contributed by atoms with E-state index in [0.717, 1.165) is 25.5 Å². The number of halogens is 3. The number of likely N-dealkylation sites (tertiary alicyclic amines) is 1. The minimum absolute atomic E-state index is 0.00143. The average Bonchev–Trinajstić information content (AvgIpc) is 3.62. The summed E-state index contributed by atoms with van der Waals surface area (Å²) in [6, 6.07) is 0.00576. The number of aromatic nitrogens is 2. The molecule has 9 nitrogen and oxygen atoms in total. The third-order valence-electron chi connectivity index (χ3n) is 9.76. The number of nitrogens with one attached hydrogen (secondary N) is 1. The fourth-order valence-corrected chi connectivity index (χ4v) is 7.53. The molecule has 38 heavy (non-hydrogen) atoms. The molecule has 2 aliphatic carbocycles. The van der Waals surface area contributed by atoms with Gasteiger partial charge in [0.15, 0.2) is 5.69 Å². The second-order valence-electron chi connectivity index (χ2n) is 11.7. The number of rotatable bonds is 6. The number of aliphatic hydroxyl groups is 1. The molecule has 3 aliphatic heterocycles. The third kappa shape index (κ3) is 4.28. The first kappa shape index (κ1) is 26.2. The minimum atomic E-state index is -4.56. The normalized spacial score (nSPS) is 36.5. The number of methoxy groups -OCH3 is 1. The molecule has 1 amide bonds. The molecule has 210 valence electrons. The maximum Gasteiger partial charge on any atom is 0.434 e. The number of ether oxygens (including phenoxy) is 2. The van der Waals surface area contributed by atoms with Gasteiger partial charge in [0.05, 0.1) is 48.2 Å². The average molecular weight is 540 g/mol. The summed E-state index contributed by atoms with van der Waals surface area (Å²) in [6.45, 7) is 2.05. The summed E-state index contributed by atoms with van der Waals surface area (Å²) >= 11 is 0. The number of hydrogen-bond acceptors (Lipinski definition) is 8. The van der Waals surface area contributed by atoms with Gasteiger partial charge in [-0.25, -0.2) is 4.98 Å². The Bertz CT molecular complexity index is 1060. The van der Waals surface area contributed by atoms with E-state index in [1.807, 2.05) is 9.80 Å². The summed E-state index contributed by atoms with van der Waals surface area (Å²) < 4.78 is 50.7.